The van der Waals surface area contributed by atoms with Crippen LogP contribution in [0, 0.1) is 5.82 Å². The van der Waals surface area contributed by atoms with Gasteiger partial charge in [-0.05, 0) is 48.6 Å². The highest BCUT2D eigenvalue weighted by Crippen LogP contribution is 2.23. The summed E-state index contributed by atoms with van der Waals surface area (Å²) in [5.41, 5.74) is 1.88. The highest BCUT2D eigenvalue weighted by molar-refractivity contribution is 9.10. The number of hydrogen-bond acceptors (Lipinski definition) is 1. The molecule has 1 nitrogen and oxygen atoms in total. The Bertz CT molecular complexity index is 528. The molecule has 1 unspecified atom stereocenters. The minimum atomic E-state index is -0.450. The Morgan fingerprint density at radius 2 is 1.84 bits per heavy atom. The lowest BCUT2D eigenvalue weighted by Crippen LogP contribution is -1.98. The Balaban J connectivity index is 1.88. The van der Waals surface area contributed by atoms with Gasteiger partial charge in [0.25, 0.3) is 0 Å². The summed E-state index contributed by atoms with van der Waals surface area (Å²) >= 11 is 3.41. The van der Waals surface area contributed by atoms with Gasteiger partial charge >= 0.3 is 0 Å². The van der Waals surface area contributed by atoms with Gasteiger partial charge in [0.15, 0.2) is 0 Å². The molecule has 0 amide bonds. The Morgan fingerprint density at radius 1 is 1.11 bits per heavy atom. The molecule has 100 valence electrons. The number of hydrogen-bond donors (Lipinski definition) is 1. The van der Waals surface area contributed by atoms with Crippen LogP contribution in [0.3, 0.4) is 0 Å². The van der Waals surface area contributed by atoms with Crippen molar-refractivity contribution in [2.45, 2.75) is 25.4 Å². The summed E-state index contributed by atoms with van der Waals surface area (Å²) in [5.74, 6) is -0.221. The van der Waals surface area contributed by atoms with Crippen LogP contribution in [-0.4, -0.2) is 5.11 Å². The maximum Gasteiger partial charge on any atom is 0.123 e. The van der Waals surface area contributed by atoms with Gasteiger partial charge in [-0.1, -0.05) is 46.3 Å². The monoisotopic (exact) mass is 322 g/mol. The normalized spacial score (nSPS) is 12.4. The number of benzene rings is 2. The van der Waals surface area contributed by atoms with Gasteiger partial charge in [0.2, 0.25) is 0 Å². The number of halogens is 2. The van der Waals surface area contributed by atoms with E-state index < -0.39 is 6.10 Å². The van der Waals surface area contributed by atoms with E-state index in [0.29, 0.717) is 6.42 Å². The molecule has 19 heavy (non-hydrogen) atoms. The van der Waals surface area contributed by atoms with Crippen molar-refractivity contribution in [3.05, 3.63) is 69.9 Å². The Labute approximate surface area is 121 Å². The highest BCUT2D eigenvalue weighted by Gasteiger charge is 2.08. The molecule has 0 aliphatic heterocycles. The van der Waals surface area contributed by atoms with Gasteiger partial charge in [-0.2, -0.15) is 0 Å². The molecule has 2 aromatic carbocycles. The van der Waals surface area contributed by atoms with E-state index in [1.165, 1.54) is 6.07 Å². The van der Waals surface area contributed by atoms with E-state index in [9.17, 15) is 9.50 Å². The predicted octanol–water partition coefficient (Wildman–Crippen LogP) is 4.64. The SMILES string of the molecule is OC(CCCc1cc(F)ccc1Br)c1ccccc1. The van der Waals surface area contributed by atoms with Crippen LogP contribution in [-0.2, 0) is 6.42 Å². The molecule has 1 atom stereocenters. The molecule has 0 aliphatic carbocycles. The number of rotatable bonds is 5. The van der Waals surface area contributed by atoms with E-state index in [2.05, 4.69) is 15.9 Å². The van der Waals surface area contributed by atoms with E-state index in [4.69, 9.17) is 0 Å². The quantitative estimate of drug-likeness (QED) is 0.849. The number of aliphatic hydroxyl groups is 1. The third-order valence-electron chi connectivity index (χ3n) is 3.12. The van der Waals surface area contributed by atoms with Crippen molar-refractivity contribution in [3.63, 3.8) is 0 Å². The van der Waals surface area contributed by atoms with Crippen molar-refractivity contribution in [3.8, 4) is 0 Å². The van der Waals surface area contributed by atoms with Gasteiger partial charge in [-0.15, -0.1) is 0 Å². The van der Waals surface area contributed by atoms with Crippen LogP contribution in [0.5, 0.6) is 0 Å². The molecule has 0 aliphatic rings. The van der Waals surface area contributed by atoms with E-state index in [1.807, 2.05) is 30.3 Å². The fraction of sp³-hybridized carbons (Fsp3) is 0.250. The van der Waals surface area contributed by atoms with Crippen molar-refractivity contribution in [1.29, 1.82) is 0 Å². The molecule has 0 fully saturated rings. The second-order valence-corrected chi connectivity index (χ2v) is 5.41. The lowest BCUT2D eigenvalue weighted by atomic mass is 10.0. The van der Waals surface area contributed by atoms with Crippen molar-refractivity contribution in [2.24, 2.45) is 0 Å². The molecular formula is C16H16BrFO. The zero-order valence-corrected chi connectivity index (χ0v) is 12.1. The summed E-state index contributed by atoms with van der Waals surface area (Å²) in [6.45, 7) is 0. The Hall–Kier alpha value is -1.19. The van der Waals surface area contributed by atoms with Crippen molar-refractivity contribution >= 4 is 15.9 Å². The van der Waals surface area contributed by atoms with E-state index in [0.717, 1.165) is 28.4 Å². The van der Waals surface area contributed by atoms with Gasteiger partial charge in [-0.25, -0.2) is 4.39 Å². The fourth-order valence-electron chi connectivity index (χ4n) is 2.06. The van der Waals surface area contributed by atoms with E-state index in [1.54, 1.807) is 12.1 Å². The molecule has 0 saturated carbocycles. The van der Waals surface area contributed by atoms with Crippen LogP contribution in [0.1, 0.15) is 30.1 Å². The summed E-state index contributed by atoms with van der Waals surface area (Å²) in [5, 5.41) is 10.0. The van der Waals surface area contributed by atoms with Crippen molar-refractivity contribution in [1.82, 2.24) is 0 Å². The molecule has 0 spiro atoms. The molecule has 3 heteroatoms. The van der Waals surface area contributed by atoms with Gasteiger partial charge in [-0.3, -0.25) is 0 Å². The van der Waals surface area contributed by atoms with E-state index >= 15 is 0 Å². The Morgan fingerprint density at radius 3 is 2.58 bits per heavy atom. The molecular weight excluding hydrogens is 307 g/mol. The minimum Gasteiger partial charge on any atom is -0.388 e. The molecule has 2 rings (SSSR count). The first kappa shape index (κ1) is 14.2. The van der Waals surface area contributed by atoms with Crippen LogP contribution in [0.2, 0.25) is 0 Å². The average Bonchev–Trinajstić information content (AvgIpc) is 2.43. The highest BCUT2D eigenvalue weighted by atomic mass is 79.9. The maximum atomic E-state index is 13.1. The maximum absolute atomic E-state index is 13.1. The standard InChI is InChI=1S/C16H16BrFO/c17-15-10-9-14(18)11-13(15)7-4-8-16(19)12-5-2-1-3-6-12/h1-3,5-6,9-11,16,19H,4,7-8H2. The van der Waals surface area contributed by atoms with Gasteiger partial charge in [0.05, 0.1) is 6.10 Å². The molecule has 0 heterocycles. The first-order chi connectivity index (χ1) is 9.16. The molecule has 2 aromatic rings. The minimum absolute atomic E-state index is 0.221. The fourth-order valence-corrected chi connectivity index (χ4v) is 2.51. The van der Waals surface area contributed by atoms with Crippen molar-refractivity contribution < 1.29 is 9.50 Å². The number of aryl methyl sites for hydroxylation is 1. The largest absolute Gasteiger partial charge is 0.388 e. The first-order valence-electron chi connectivity index (χ1n) is 6.34. The second kappa shape index (κ2) is 6.83. The summed E-state index contributed by atoms with van der Waals surface area (Å²) in [6, 6.07) is 14.3. The van der Waals surface area contributed by atoms with E-state index in [-0.39, 0.29) is 5.82 Å². The summed E-state index contributed by atoms with van der Waals surface area (Å²) in [4.78, 5) is 0. The summed E-state index contributed by atoms with van der Waals surface area (Å²) in [7, 11) is 0. The van der Waals surface area contributed by atoms with Crippen LogP contribution in [0.25, 0.3) is 0 Å². The lowest BCUT2D eigenvalue weighted by molar-refractivity contribution is 0.164. The van der Waals surface area contributed by atoms with Crippen molar-refractivity contribution in [2.75, 3.05) is 0 Å². The van der Waals surface area contributed by atoms with Crippen LogP contribution in [0.15, 0.2) is 53.0 Å². The summed E-state index contributed by atoms with van der Waals surface area (Å²) in [6.07, 6.45) is 1.79. The predicted molar refractivity (Wildman–Crippen MR) is 78.4 cm³/mol. The Kier molecular flexibility index (Phi) is 5.11. The summed E-state index contributed by atoms with van der Waals surface area (Å²) < 4.78 is 14.0. The first-order valence-corrected chi connectivity index (χ1v) is 7.13. The smallest absolute Gasteiger partial charge is 0.123 e. The third-order valence-corrected chi connectivity index (χ3v) is 3.89. The molecule has 0 bridgehead atoms. The topological polar surface area (TPSA) is 20.2 Å². The molecule has 0 aromatic heterocycles. The molecule has 0 saturated heterocycles. The van der Waals surface area contributed by atoms with Crippen LogP contribution < -0.4 is 0 Å². The van der Waals surface area contributed by atoms with Gasteiger partial charge < -0.3 is 5.11 Å². The third kappa shape index (κ3) is 4.15. The van der Waals surface area contributed by atoms with Crippen LogP contribution in [0.4, 0.5) is 4.39 Å². The second-order valence-electron chi connectivity index (χ2n) is 4.55. The average molecular weight is 323 g/mol. The van der Waals surface area contributed by atoms with Crippen LogP contribution >= 0.6 is 15.9 Å². The number of aliphatic hydroxyl groups excluding tert-OH is 1. The molecule has 0 radical (unpaired) electrons. The lowest BCUT2D eigenvalue weighted by Gasteiger charge is -2.11. The molecule has 1 N–H and O–H groups in total. The van der Waals surface area contributed by atoms with Gasteiger partial charge in [0.1, 0.15) is 5.82 Å². The van der Waals surface area contributed by atoms with Gasteiger partial charge in [0, 0.05) is 4.47 Å². The zero-order chi connectivity index (χ0) is 13.7. The zero-order valence-electron chi connectivity index (χ0n) is 10.5.